The summed E-state index contributed by atoms with van der Waals surface area (Å²) in [6, 6.07) is 6.76. The van der Waals surface area contributed by atoms with Gasteiger partial charge in [0.15, 0.2) is 0 Å². The summed E-state index contributed by atoms with van der Waals surface area (Å²) in [5.74, 6) is 1.47. The van der Waals surface area contributed by atoms with Gasteiger partial charge in [0.1, 0.15) is 12.4 Å². The van der Waals surface area contributed by atoms with Crippen molar-refractivity contribution in [2.45, 2.75) is 39.7 Å². The fourth-order valence-corrected chi connectivity index (χ4v) is 2.76. The quantitative estimate of drug-likeness (QED) is 0.622. The molecule has 4 heteroatoms. The maximum atomic E-state index is 5.69. The van der Waals surface area contributed by atoms with E-state index in [9.17, 15) is 0 Å². The van der Waals surface area contributed by atoms with Crippen LogP contribution in [0.3, 0.4) is 0 Å². The van der Waals surface area contributed by atoms with E-state index in [0.717, 1.165) is 29.6 Å². The predicted molar refractivity (Wildman–Crippen MR) is 92.0 cm³/mol. The third-order valence-electron chi connectivity index (χ3n) is 3.69. The van der Waals surface area contributed by atoms with Crippen molar-refractivity contribution in [3.63, 3.8) is 0 Å². The van der Waals surface area contributed by atoms with E-state index >= 15 is 0 Å². The van der Waals surface area contributed by atoms with Crippen molar-refractivity contribution in [2.75, 3.05) is 26.9 Å². The molecule has 0 amide bonds. The van der Waals surface area contributed by atoms with Gasteiger partial charge in [-0.1, -0.05) is 33.3 Å². The van der Waals surface area contributed by atoms with Gasteiger partial charge < -0.3 is 14.8 Å². The number of hydrogen-bond acceptors (Lipinski definition) is 3. The van der Waals surface area contributed by atoms with Gasteiger partial charge in [-0.25, -0.2) is 0 Å². The number of methoxy groups -OCH3 is 1. The minimum Gasteiger partial charge on any atom is -0.490 e. The lowest BCUT2D eigenvalue weighted by Crippen LogP contribution is -2.27. The normalized spacial score (nSPS) is 14.0. The molecule has 0 aliphatic heterocycles. The molecule has 1 N–H and O–H groups in total. The molecule has 0 aliphatic rings. The number of rotatable bonds is 10. The molecule has 1 aromatic carbocycles. The largest absolute Gasteiger partial charge is 0.490 e. The van der Waals surface area contributed by atoms with Crippen molar-refractivity contribution < 1.29 is 9.47 Å². The van der Waals surface area contributed by atoms with Crippen molar-refractivity contribution in [3.05, 3.63) is 28.2 Å². The Balaban J connectivity index is 2.82. The van der Waals surface area contributed by atoms with Crippen LogP contribution in [-0.4, -0.2) is 26.9 Å². The molecule has 3 nitrogen and oxygen atoms in total. The van der Waals surface area contributed by atoms with Crippen LogP contribution in [0.15, 0.2) is 22.7 Å². The Bertz CT molecular complexity index is 412. The Morgan fingerprint density at radius 2 is 2.00 bits per heavy atom. The highest BCUT2D eigenvalue weighted by Gasteiger charge is 2.18. The Kier molecular flexibility index (Phi) is 8.97. The third kappa shape index (κ3) is 5.97. The zero-order valence-electron chi connectivity index (χ0n) is 13.6. The average molecular weight is 358 g/mol. The Labute approximate surface area is 137 Å². The molecule has 2 unspecified atom stereocenters. The van der Waals surface area contributed by atoms with Gasteiger partial charge in [0, 0.05) is 13.2 Å². The van der Waals surface area contributed by atoms with E-state index in [0.29, 0.717) is 25.2 Å². The monoisotopic (exact) mass is 357 g/mol. The van der Waals surface area contributed by atoms with Gasteiger partial charge in [-0.05, 0) is 52.5 Å². The van der Waals surface area contributed by atoms with Gasteiger partial charge in [0.05, 0.1) is 11.1 Å². The molecule has 0 bridgehead atoms. The number of halogens is 1. The summed E-state index contributed by atoms with van der Waals surface area (Å²) in [4.78, 5) is 0. The van der Waals surface area contributed by atoms with E-state index < -0.39 is 0 Å². The highest BCUT2D eigenvalue weighted by molar-refractivity contribution is 9.10. The van der Waals surface area contributed by atoms with Crippen LogP contribution in [0.1, 0.15) is 45.2 Å². The second-order valence-corrected chi connectivity index (χ2v) is 6.20. The highest BCUT2D eigenvalue weighted by atomic mass is 79.9. The summed E-state index contributed by atoms with van der Waals surface area (Å²) in [5.41, 5.74) is 1.31. The lowest BCUT2D eigenvalue weighted by atomic mass is 9.92. The molecule has 0 spiro atoms. The topological polar surface area (TPSA) is 30.5 Å². The second-order valence-electron chi connectivity index (χ2n) is 5.35. The highest BCUT2D eigenvalue weighted by Crippen LogP contribution is 2.31. The molecule has 1 rings (SSSR count). The van der Waals surface area contributed by atoms with Crippen LogP contribution < -0.4 is 10.1 Å². The molecule has 0 aromatic heterocycles. The molecule has 2 atom stereocenters. The van der Waals surface area contributed by atoms with Crippen LogP contribution in [-0.2, 0) is 4.74 Å². The average Bonchev–Trinajstić information content (AvgIpc) is 2.49. The molecule has 0 saturated heterocycles. The van der Waals surface area contributed by atoms with E-state index in [1.165, 1.54) is 5.56 Å². The van der Waals surface area contributed by atoms with Crippen molar-refractivity contribution in [1.29, 1.82) is 0 Å². The van der Waals surface area contributed by atoms with Crippen molar-refractivity contribution in [3.8, 4) is 5.75 Å². The smallest absolute Gasteiger partial charge is 0.133 e. The third-order valence-corrected chi connectivity index (χ3v) is 4.31. The summed E-state index contributed by atoms with van der Waals surface area (Å²) in [6.45, 7) is 8.94. The minimum absolute atomic E-state index is 0.388. The van der Waals surface area contributed by atoms with Gasteiger partial charge in [0.2, 0.25) is 0 Å². The second kappa shape index (κ2) is 10.2. The fourth-order valence-electron chi connectivity index (χ4n) is 2.25. The van der Waals surface area contributed by atoms with Crippen LogP contribution in [0.4, 0.5) is 0 Å². The summed E-state index contributed by atoms with van der Waals surface area (Å²) in [5, 5.41) is 3.65. The molecule has 0 radical (unpaired) electrons. The maximum absolute atomic E-state index is 5.69. The van der Waals surface area contributed by atoms with Crippen LogP contribution in [0.25, 0.3) is 0 Å². The molecule has 0 saturated carbocycles. The van der Waals surface area contributed by atoms with E-state index in [-0.39, 0.29) is 0 Å². The lowest BCUT2D eigenvalue weighted by Gasteiger charge is -2.25. The van der Waals surface area contributed by atoms with Gasteiger partial charge in [-0.2, -0.15) is 0 Å². The first-order valence-corrected chi connectivity index (χ1v) is 8.57. The first-order chi connectivity index (χ1) is 10.1. The number of hydrogen-bond donors (Lipinski definition) is 1. The molecule has 0 heterocycles. The van der Waals surface area contributed by atoms with Gasteiger partial charge >= 0.3 is 0 Å². The molecule has 21 heavy (non-hydrogen) atoms. The summed E-state index contributed by atoms with van der Waals surface area (Å²) in [6.07, 6.45) is 2.30. The van der Waals surface area contributed by atoms with E-state index in [4.69, 9.17) is 9.47 Å². The number of benzene rings is 1. The minimum atomic E-state index is 0.388. The summed E-state index contributed by atoms with van der Waals surface area (Å²) >= 11 is 3.61. The Morgan fingerprint density at radius 3 is 2.57 bits per heavy atom. The van der Waals surface area contributed by atoms with Gasteiger partial charge in [0.25, 0.3) is 0 Å². The van der Waals surface area contributed by atoms with Gasteiger partial charge in [-0.3, -0.25) is 0 Å². The standard InChI is InChI=1S/C17H28BrNO2/c1-5-9-19-17(13(3)6-2)14-7-8-16(15(18)12-14)21-11-10-20-4/h7-8,12-13,17,19H,5-6,9-11H2,1-4H3. The lowest BCUT2D eigenvalue weighted by molar-refractivity contribution is 0.146. The molecule has 0 aliphatic carbocycles. The zero-order chi connectivity index (χ0) is 15.7. The van der Waals surface area contributed by atoms with Crippen LogP contribution in [0.2, 0.25) is 0 Å². The van der Waals surface area contributed by atoms with Crippen molar-refractivity contribution in [2.24, 2.45) is 5.92 Å². The molecule has 0 fully saturated rings. The first-order valence-electron chi connectivity index (χ1n) is 7.78. The van der Waals surface area contributed by atoms with Crippen molar-refractivity contribution in [1.82, 2.24) is 5.32 Å². The first kappa shape index (κ1) is 18.5. The molecular formula is C17H28BrNO2. The Morgan fingerprint density at radius 1 is 1.24 bits per heavy atom. The maximum Gasteiger partial charge on any atom is 0.133 e. The SMILES string of the molecule is CCCNC(c1ccc(OCCOC)c(Br)c1)C(C)CC. The zero-order valence-corrected chi connectivity index (χ0v) is 15.2. The van der Waals surface area contributed by atoms with E-state index in [2.05, 4.69) is 54.2 Å². The van der Waals surface area contributed by atoms with Crippen LogP contribution in [0, 0.1) is 5.92 Å². The van der Waals surface area contributed by atoms with Gasteiger partial charge in [-0.15, -0.1) is 0 Å². The number of ether oxygens (including phenoxy) is 2. The van der Waals surface area contributed by atoms with E-state index in [1.807, 2.05) is 6.07 Å². The number of nitrogens with one attached hydrogen (secondary N) is 1. The van der Waals surface area contributed by atoms with Crippen LogP contribution >= 0.6 is 15.9 Å². The fraction of sp³-hybridized carbons (Fsp3) is 0.647. The van der Waals surface area contributed by atoms with E-state index in [1.54, 1.807) is 7.11 Å². The summed E-state index contributed by atoms with van der Waals surface area (Å²) < 4.78 is 11.7. The Hall–Kier alpha value is -0.580. The molecular weight excluding hydrogens is 330 g/mol. The van der Waals surface area contributed by atoms with Crippen molar-refractivity contribution >= 4 is 15.9 Å². The van der Waals surface area contributed by atoms with Crippen LogP contribution in [0.5, 0.6) is 5.75 Å². The molecule has 1 aromatic rings. The summed E-state index contributed by atoms with van der Waals surface area (Å²) in [7, 11) is 1.68. The predicted octanol–water partition coefficient (Wildman–Crippen LogP) is 4.56. The molecule has 120 valence electrons.